The first kappa shape index (κ1) is 9.62. The first-order valence-corrected chi connectivity index (χ1v) is 3.13. The number of ether oxygens (including phenoxy) is 2. The molecule has 0 aromatic rings. The minimum atomic E-state index is -0.107. The van der Waals surface area contributed by atoms with Gasteiger partial charge in [-0.05, 0) is 5.57 Å². The highest BCUT2D eigenvalue weighted by Crippen LogP contribution is 1.96. The van der Waals surface area contributed by atoms with Gasteiger partial charge in [-0.2, -0.15) is 0 Å². The Morgan fingerprint density at radius 1 is 1.50 bits per heavy atom. The summed E-state index contributed by atoms with van der Waals surface area (Å²) in [6.07, 6.45) is 0. The van der Waals surface area contributed by atoms with E-state index in [0.717, 1.165) is 5.57 Å². The lowest BCUT2D eigenvalue weighted by molar-refractivity contribution is 0.174. The zero-order valence-corrected chi connectivity index (χ0v) is 6.59. The molecule has 0 bridgehead atoms. The average Bonchev–Trinajstić information content (AvgIpc) is 1.89. The van der Waals surface area contributed by atoms with E-state index >= 15 is 0 Å². The van der Waals surface area contributed by atoms with E-state index in [9.17, 15) is 0 Å². The van der Waals surface area contributed by atoms with Crippen LogP contribution in [0.3, 0.4) is 0 Å². The van der Waals surface area contributed by atoms with Gasteiger partial charge in [0.05, 0.1) is 19.3 Å². The van der Waals surface area contributed by atoms with Gasteiger partial charge in [0.15, 0.2) is 0 Å². The summed E-state index contributed by atoms with van der Waals surface area (Å²) in [6.45, 7) is 4.74. The molecule has 0 saturated carbocycles. The summed E-state index contributed by atoms with van der Waals surface area (Å²) >= 11 is 0. The van der Waals surface area contributed by atoms with Crippen LogP contribution in [0.5, 0.6) is 0 Å². The van der Waals surface area contributed by atoms with Crippen molar-refractivity contribution in [2.24, 2.45) is 5.73 Å². The van der Waals surface area contributed by atoms with Gasteiger partial charge in [0.25, 0.3) is 0 Å². The largest absolute Gasteiger partial charge is 0.383 e. The lowest BCUT2D eigenvalue weighted by Crippen LogP contribution is -2.29. The van der Waals surface area contributed by atoms with Crippen molar-refractivity contribution >= 4 is 0 Å². The Morgan fingerprint density at radius 3 is 2.50 bits per heavy atom. The van der Waals surface area contributed by atoms with Crippen molar-refractivity contribution < 1.29 is 9.47 Å². The molecule has 0 aliphatic heterocycles. The van der Waals surface area contributed by atoms with Gasteiger partial charge < -0.3 is 15.2 Å². The maximum Gasteiger partial charge on any atom is 0.0686 e. The molecule has 0 radical (unpaired) electrons. The maximum absolute atomic E-state index is 5.61. The summed E-state index contributed by atoms with van der Waals surface area (Å²) in [6, 6.07) is -0.107. The van der Waals surface area contributed by atoms with Gasteiger partial charge in [0.2, 0.25) is 0 Å². The summed E-state index contributed by atoms with van der Waals surface area (Å²) < 4.78 is 9.67. The summed E-state index contributed by atoms with van der Waals surface area (Å²) in [7, 11) is 3.23. The first-order chi connectivity index (χ1) is 4.72. The molecule has 0 aliphatic carbocycles. The Hall–Kier alpha value is -0.380. The van der Waals surface area contributed by atoms with E-state index in [1.165, 1.54) is 0 Å². The van der Waals surface area contributed by atoms with Crippen LogP contribution >= 0.6 is 0 Å². The van der Waals surface area contributed by atoms with E-state index in [1.54, 1.807) is 14.2 Å². The zero-order chi connectivity index (χ0) is 7.98. The van der Waals surface area contributed by atoms with E-state index in [1.807, 2.05) is 0 Å². The number of methoxy groups -OCH3 is 2. The molecule has 0 saturated heterocycles. The summed E-state index contributed by atoms with van der Waals surface area (Å²) in [4.78, 5) is 0. The average molecular weight is 145 g/mol. The summed E-state index contributed by atoms with van der Waals surface area (Å²) in [5.74, 6) is 0. The Kier molecular flexibility index (Phi) is 5.20. The quantitative estimate of drug-likeness (QED) is 0.560. The second-order valence-corrected chi connectivity index (χ2v) is 2.15. The molecule has 0 amide bonds. The molecule has 0 aromatic carbocycles. The lowest BCUT2D eigenvalue weighted by Gasteiger charge is -2.12. The van der Waals surface area contributed by atoms with E-state index in [0.29, 0.717) is 13.2 Å². The summed E-state index contributed by atoms with van der Waals surface area (Å²) in [5, 5.41) is 0. The van der Waals surface area contributed by atoms with Crippen LogP contribution in [0.4, 0.5) is 0 Å². The van der Waals surface area contributed by atoms with Crippen LogP contribution < -0.4 is 5.73 Å². The monoisotopic (exact) mass is 145 g/mol. The van der Waals surface area contributed by atoms with Crippen molar-refractivity contribution in [3.05, 3.63) is 12.2 Å². The molecule has 3 heteroatoms. The second-order valence-electron chi connectivity index (χ2n) is 2.15. The van der Waals surface area contributed by atoms with Crippen LogP contribution in [0.1, 0.15) is 0 Å². The second kappa shape index (κ2) is 5.41. The molecule has 0 heterocycles. The van der Waals surface area contributed by atoms with E-state index in [4.69, 9.17) is 15.2 Å². The van der Waals surface area contributed by atoms with Crippen LogP contribution in [0.2, 0.25) is 0 Å². The molecule has 3 nitrogen and oxygen atoms in total. The molecule has 1 unspecified atom stereocenters. The molecule has 0 aliphatic rings. The third-order valence-corrected chi connectivity index (χ3v) is 1.20. The predicted molar refractivity (Wildman–Crippen MR) is 40.9 cm³/mol. The minimum Gasteiger partial charge on any atom is -0.383 e. The smallest absolute Gasteiger partial charge is 0.0686 e. The molecule has 0 rings (SSSR count). The predicted octanol–water partition coefficient (Wildman–Crippen LogP) is 0.163. The SMILES string of the molecule is C=C(COC)C(N)COC. The fourth-order valence-electron chi connectivity index (χ4n) is 0.590. The van der Waals surface area contributed by atoms with Crippen LogP contribution in [0.15, 0.2) is 12.2 Å². The van der Waals surface area contributed by atoms with Crippen LogP contribution in [0.25, 0.3) is 0 Å². The molecular formula is C7H15NO2. The molecule has 2 N–H and O–H groups in total. The fourth-order valence-corrected chi connectivity index (χ4v) is 0.590. The van der Waals surface area contributed by atoms with Crippen LogP contribution in [-0.4, -0.2) is 33.5 Å². The first-order valence-electron chi connectivity index (χ1n) is 3.13. The number of nitrogens with two attached hydrogens (primary N) is 1. The topological polar surface area (TPSA) is 44.5 Å². The highest BCUT2D eigenvalue weighted by molar-refractivity contribution is 5.04. The van der Waals surface area contributed by atoms with Gasteiger partial charge >= 0.3 is 0 Å². The molecule has 1 atom stereocenters. The van der Waals surface area contributed by atoms with Gasteiger partial charge in [0.1, 0.15) is 0 Å². The van der Waals surface area contributed by atoms with E-state index in [2.05, 4.69) is 6.58 Å². The van der Waals surface area contributed by atoms with E-state index in [-0.39, 0.29) is 6.04 Å². The highest BCUT2D eigenvalue weighted by atomic mass is 16.5. The van der Waals surface area contributed by atoms with Gasteiger partial charge in [-0.3, -0.25) is 0 Å². The maximum atomic E-state index is 5.61. The normalized spacial score (nSPS) is 13.1. The van der Waals surface area contributed by atoms with Crippen molar-refractivity contribution in [1.82, 2.24) is 0 Å². The van der Waals surface area contributed by atoms with Crippen molar-refractivity contribution in [1.29, 1.82) is 0 Å². The third-order valence-electron chi connectivity index (χ3n) is 1.20. The Labute approximate surface area is 61.8 Å². The van der Waals surface area contributed by atoms with Gasteiger partial charge in [-0.25, -0.2) is 0 Å². The van der Waals surface area contributed by atoms with Crippen LogP contribution in [-0.2, 0) is 9.47 Å². The van der Waals surface area contributed by atoms with Gasteiger partial charge in [-0.15, -0.1) is 0 Å². The Bertz CT molecular complexity index is 104. The van der Waals surface area contributed by atoms with E-state index < -0.39 is 0 Å². The molecule has 10 heavy (non-hydrogen) atoms. The fraction of sp³-hybridized carbons (Fsp3) is 0.714. The number of hydrogen-bond donors (Lipinski definition) is 1. The molecular weight excluding hydrogens is 130 g/mol. The summed E-state index contributed by atoms with van der Waals surface area (Å²) in [5.41, 5.74) is 6.47. The standard InChI is InChI=1S/C7H15NO2/c1-6(4-9-2)7(8)5-10-3/h7H,1,4-5,8H2,2-3H3. The van der Waals surface area contributed by atoms with Gasteiger partial charge in [0, 0.05) is 14.2 Å². The molecule has 60 valence electrons. The zero-order valence-electron chi connectivity index (χ0n) is 6.59. The van der Waals surface area contributed by atoms with Crippen molar-refractivity contribution in [3.8, 4) is 0 Å². The molecule has 0 aromatic heterocycles. The third kappa shape index (κ3) is 3.61. The molecule has 0 fully saturated rings. The van der Waals surface area contributed by atoms with Crippen molar-refractivity contribution in [2.45, 2.75) is 6.04 Å². The van der Waals surface area contributed by atoms with Crippen LogP contribution in [0, 0.1) is 0 Å². The Morgan fingerprint density at radius 2 is 2.10 bits per heavy atom. The van der Waals surface area contributed by atoms with Crippen molar-refractivity contribution in [2.75, 3.05) is 27.4 Å². The van der Waals surface area contributed by atoms with Gasteiger partial charge in [-0.1, -0.05) is 6.58 Å². The van der Waals surface area contributed by atoms with Crippen molar-refractivity contribution in [3.63, 3.8) is 0 Å². The number of rotatable bonds is 5. The molecule has 0 spiro atoms. The lowest BCUT2D eigenvalue weighted by atomic mass is 10.2. The highest BCUT2D eigenvalue weighted by Gasteiger charge is 2.04. The number of hydrogen-bond acceptors (Lipinski definition) is 3. The minimum absolute atomic E-state index is 0.107. The Balaban J connectivity index is 3.49.